The first-order chi connectivity index (χ1) is 15.0. The molecule has 0 radical (unpaired) electrons. The standard InChI is InChI=1S/C23H26N4O4/c1-17(28)19-3-5-20(6-4-19)30-16-21-7-8-22(31-21)23(29)27-11-9-26(10-12-27)15-18-13-24-25(2)14-18/h3-8,13-14H,9-12,15-16H2,1-2H3. The molecule has 162 valence electrons. The maximum atomic E-state index is 12.8. The number of nitrogens with zero attached hydrogens (tertiary/aromatic N) is 4. The third kappa shape index (κ3) is 5.21. The summed E-state index contributed by atoms with van der Waals surface area (Å²) in [7, 11) is 1.91. The minimum Gasteiger partial charge on any atom is -0.486 e. The second kappa shape index (κ2) is 9.18. The van der Waals surface area contributed by atoms with E-state index in [0.29, 0.717) is 35.9 Å². The summed E-state index contributed by atoms with van der Waals surface area (Å²) < 4.78 is 13.2. The summed E-state index contributed by atoms with van der Waals surface area (Å²) in [4.78, 5) is 28.3. The maximum Gasteiger partial charge on any atom is 0.289 e. The number of furan rings is 1. The number of piperazine rings is 1. The van der Waals surface area contributed by atoms with Gasteiger partial charge in [0.1, 0.15) is 18.1 Å². The number of hydrogen-bond donors (Lipinski definition) is 0. The fourth-order valence-corrected chi connectivity index (χ4v) is 3.59. The van der Waals surface area contributed by atoms with Crippen LogP contribution < -0.4 is 4.74 Å². The van der Waals surface area contributed by atoms with E-state index < -0.39 is 0 Å². The van der Waals surface area contributed by atoms with E-state index in [4.69, 9.17) is 9.15 Å². The molecular formula is C23H26N4O4. The average Bonchev–Trinajstić information content (AvgIpc) is 3.41. The van der Waals surface area contributed by atoms with Crippen LogP contribution >= 0.6 is 0 Å². The van der Waals surface area contributed by atoms with E-state index in [1.165, 1.54) is 12.5 Å². The first-order valence-electron chi connectivity index (χ1n) is 10.3. The van der Waals surface area contributed by atoms with Crippen LogP contribution in [0.4, 0.5) is 0 Å². The van der Waals surface area contributed by atoms with Gasteiger partial charge in [0.15, 0.2) is 11.5 Å². The average molecular weight is 422 g/mol. The Labute approximate surface area is 181 Å². The van der Waals surface area contributed by atoms with Crippen molar-refractivity contribution >= 4 is 11.7 Å². The van der Waals surface area contributed by atoms with E-state index in [1.807, 2.05) is 24.3 Å². The summed E-state index contributed by atoms with van der Waals surface area (Å²) in [5.41, 5.74) is 1.81. The Morgan fingerprint density at radius 2 is 1.81 bits per heavy atom. The molecule has 1 saturated heterocycles. The molecule has 4 rings (SSSR count). The zero-order valence-corrected chi connectivity index (χ0v) is 17.8. The van der Waals surface area contributed by atoms with Crippen LogP contribution in [0, 0.1) is 0 Å². The van der Waals surface area contributed by atoms with Crippen LogP contribution in [0.15, 0.2) is 53.2 Å². The highest BCUT2D eigenvalue weighted by atomic mass is 16.5. The fraction of sp³-hybridized carbons (Fsp3) is 0.348. The molecule has 1 aliphatic rings. The van der Waals surface area contributed by atoms with Crippen LogP contribution in [-0.4, -0.2) is 57.4 Å². The van der Waals surface area contributed by atoms with Crippen LogP contribution in [-0.2, 0) is 20.2 Å². The van der Waals surface area contributed by atoms with Crippen molar-refractivity contribution in [2.45, 2.75) is 20.1 Å². The van der Waals surface area contributed by atoms with E-state index in [1.54, 1.807) is 41.1 Å². The minimum absolute atomic E-state index is 0.0126. The van der Waals surface area contributed by atoms with E-state index in [2.05, 4.69) is 10.00 Å². The molecule has 31 heavy (non-hydrogen) atoms. The number of carbonyl (C=O) groups is 2. The number of hydrogen-bond acceptors (Lipinski definition) is 6. The Balaban J connectivity index is 1.26. The second-order valence-corrected chi connectivity index (χ2v) is 7.73. The summed E-state index contributed by atoms with van der Waals surface area (Å²) in [6.45, 7) is 5.53. The molecule has 1 aromatic carbocycles. The molecule has 0 bridgehead atoms. The maximum absolute atomic E-state index is 12.8. The lowest BCUT2D eigenvalue weighted by Crippen LogP contribution is -2.48. The Hall–Kier alpha value is -3.39. The lowest BCUT2D eigenvalue weighted by atomic mass is 10.1. The number of carbonyl (C=O) groups excluding carboxylic acids is 2. The molecule has 0 unspecified atom stereocenters. The number of aryl methyl sites for hydroxylation is 1. The van der Waals surface area contributed by atoms with Crippen molar-refractivity contribution in [3.63, 3.8) is 0 Å². The van der Waals surface area contributed by atoms with Gasteiger partial charge in [0.05, 0.1) is 6.20 Å². The van der Waals surface area contributed by atoms with Gasteiger partial charge in [0.2, 0.25) is 0 Å². The van der Waals surface area contributed by atoms with Crippen LogP contribution in [0.5, 0.6) is 5.75 Å². The van der Waals surface area contributed by atoms with E-state index >= 15 is 0 Å². The normalized spacial score (nSPS) is 14.6. The van der Waals surface area contributed by atoms with Crippen LogP contribution in [0.1, 0.15) is 39.2 Å². The predicted molar refractivity (Wildman–Crippen MR) is 114 cm³/mol. The molecule has 2 aromatic heterocycles. The summed E-state index contributed by atoms with van der Waals surface area (Å²) in [6, 6.07) is 10.4. The van der Waals surface area contributed by atoms with E-state index in [9.17, 15) is 9.59 Å². The molecule has 1 amide bonds. The van der Waals surface area contributed by atoms with Gasteiger partial charge in [-0.05, 0) is 43.3 Å². The van der Waals surface area contributed by atoms with Crippen LogP contribution in [0.25, 0.3) is 0 Å². The first kappa shape index (κ1) is 20.9. The summed E-state index contributed by atoms with van der Waals surface area (Å²) in [6.07, 6.45) is 3.89. The predicted octanol–water partition coefficient (Wildman–Crippen LogP) is 2.75. The zero-order valence-electron chi connectivity index (χ0n) is 17.8. The van der Waals surface area contributed by atoms with Gasteiger partial charge in [0, 0.05) is 57.1 Å². The smallest absolute Gasteiger partial charge is 0.289 e. The number of ketones is 1. The Morgan fingerprint density at radius 3 is 2.45 bits per heavy atom. The van der Waals surface area contributed by atoms with E-state index in [0.717, 1.165) is 19.6 Å². The number of rotatable bonds is 7. The van der Waals surface area contributed by atoms with Gasteiger partial charge in [-0.2, -0.15) is 5.10 Å². The number of aromatic nitrogens is 2. The third-order valence-corrected chi connectivity index (χ3v) is 5.34. The third-order valence-electron chi connectivity index (χ3n) is 5.34. The molecule has 0 spiro atoms. The Kier molecular flexibility index (Phi) is 6.18. The number of Topliss-reactive ketones (excluding diaryl/α,β-unsaturated/α-hetero) is 1. The molecule has 8 heteroatoms. The SMILES string of the molecule is CC(=O)c1ccc(OCc2ccc(C(=O)N3CCN(Cc4cnn(C)c4)CC3)o2)cc1. The molecule has 3 heterocycles. The highest BCUT2D eigenvalue weighted by molar-refractivity contribution is 5.94. The highest BCUT2D eigenvalue weighted by Crippen LogP contribution is 2.18. The molecule has 0 atom stereocenters. The van der Waals surface area contributed by atoms with Crippen molar-refractivity contribution in [2.24, 2.45) is 7.05 Å². The van der Waals surface area contributed by atoms with Crippen molar-refractivity contribution in [1.82, 2.24) is 19.6 Å². The van der Waals surface area contributed by atoms with Gasteiger partial charge in [-0.1, -0.05) is 0 Å². The van der Waals surface area contributed by atoms with Crippen molar-refractivity contribution in [1.29, 1.82) is 0 Å². The van der Waals surface area contributed by atoms with Crippen molar-refractivity contribution in [3.8, 4) is 5.75 Å². The Morgan fingerprint density at radius 1 is 1.06 bits per heavy atom. The topological polar surface area (TPSA) is 80.8 Å². The first-order valence-corrected chi connectivity index (χ1v) is 10.3. The lowest BCUT2D eigenvalue weighted by molar-refractivity contribution is 0.0594. The molecule has 0 N–H and O–H groups in total. The van der Waals surface area contributed by atoms with Crippen molar-refractivity contribution in [3.05, 3.63) is 71.4 Å². The van der Waals surface area contributed by atoms with Crippen LogP contribution in [0.3, 0.4) is 0 Å². The van der Waals surface area contributed by atoms with Gasteiger partial charge in [-0.3, -0.25) is 19.2 Å². The summed E-state index contributed by atoms with van der Waals surface area (Å²) >= 11 is 0. The lowest BCUT2D eigenvalue weighted by Gasteiger charge is -2.34. The van der Waals surface area contributed by atoms with Crippen molar-refractivity contribution < 1.29 is 18.7 Å². The molecular weight excluding hydrogens is 396 g/mol. The van der Waals surface area contributed by atoms with Gasteiger partial charge in [0.25, 0.3) is 5.91 Å². The monoisotopic (exact) mass is 422 g/mol. The molecule has 1 fully saturated rings. The molecule has 0 aliphatic carbocycles. The van der Waals surface area contributed by atoms with Gasteiger partial charge in [-0.25, -0.2) is 0 Å². The van der Waals surface area contributed by atoms with Gasteiger partial charge >= 0.3 is 0 Å². The molecule has 1 aliphatic heterocycles. The zero-order chi connectivity index (χ0) is 21.8. The number of benzene rings is 1. The quantitative estimate of drug-likeness (QED) is 0.545. The molecule has 0 saturated carbocycles. The molecule has 8 nitrogen and oxygen atoms in total. The van der Waals surface area contributed by atoms with Gasteiger partial charge < -0.3 is 14.1 Å². The minimum atomic E-state index is -0.0990. The van der Waals surface area contributed by atoms with Gasteiger partial charge in [-0.15, -0.1) is 0 Å². The van der Waals surface area contributed by atoms with E-state index in [-0.39, 0.29) is 18.3 Å². The Bertz CT molecular complexity index is 1050. The number of ether oxygens (including phenoxy) is 1. The van der Waals surface area contributed by atoms with Crippen molar-refractivity contribution in [2.75, 3.05) is 26.2 Å². The largest absolute Gasteiger partial charge is 0.486 e. The highest BCUT2D eigenvalue weighted by Gasteiger charge is 2.24. The summed E-state index contributed by atoms with van der Waals surface area (Å²) in [5.74, 6) is 1.45. The molecule has 3 aromatic rings. The summed E-state index contributed by atoms with van der Waals surface area (Å²) in [5, 5.41) is 4.20. The second-order valence-electron chi connectivity index (χ2n) is 7.73. The van der Waals surface area contributed by atoms with Crippen LogP contribution in [0.2, 0.25) is 0 Å². The fourth-order valence-electron chi connectivity index (χ4n) is 3.59. The number of amides is 1.